The van der Waals surface area contributed by atoms with E-state index < -0.39 is 0 Å². The number of hydrogen-bond acceptors (Lipinski definition) is 3. The van der Waals surface area contributed by atoms with E-state index in [9.17, 15) is 9.59 Å². The summed E-state index contributed by atoms with van der Waals surface area (Å²) in [6, 6.07) is 10.5. The predicted molar refractivity (Wildman–Crippen MR) is 87.4 cm³/mol. The number of carbonyl (C=O) groups excluding carboxylic acids is 2. The van der Waals surface area contributed by atoms with Crippen LogP contribution in [0.1, 0.15) is 15.9 Å². The number of aryl methyl sites for hydroxylation is 1. The van der Waals surface area contributed by atoms with Crippen LogP contribution in [-0.2, 0) is 4.79 Å². The van der Waals surface area contributed by atoms with E-state index in [4.69, 9.17) is 4.74 Å². The van der Waals surface area contributed by atoms with E-state index in [0.29, 0.717) is 17.0 Å². The van der Waals surface area contributed by atoms with Gasteiger partial charge in [0.25, 0.3) is 11.8 Å². The first kappa shape index (κ1) is 14.6. The molecule has 0 aromatic heterocycles. The fourth-order valence-corrected chi connectivity index (χ4v) is 2.39. The second-order valence-electron chi connectivity index (χ2n) is 4.97. The van der Waals surface area contributed by atoms with Crippen molar-refractivity contribution in [1.29, 1.82) is 0 Å². The molecule has 0 atom stereocenters. The first-order chi connectivity index (χ1) is 10.5. The van der Waals surface area contributed by atoms with Crippen LogP contribution in [0, 0.1) is 6.92 Å². The zero-order valence-electron chi connectivity index (χ0n) is 11.8. The zero-order chi connectivity index (χ0) is 15.7. The fraction of sp³-hybridized carbons (Fsp3) is 0.125. The SMILES string of the molecule is Cc1cc(NC(=O)c2ccc3c(c2)OCC(=O)N3)ccc1Br. The van der Waals surface area contributed by atoms with E-state index in [0.717, 1.165) is 15.7 Å². The number of hydrogen-bond donors (Lipinski definition) is 2. The van der Waals surface area contributed by atoms with Crippen molar-refractivity contribution in [2.45, 2.75) is 6.92 Å². The van der Waals surface area contributed by atoms with Gasteiger partial charge in [0.2, 0.25) is 0 Å². The van der Waals surface area contributed by atoms with Gasteiger partial charge in [-0.05, 0) is 48.9 Å². The van der Waals surface area contributed by atoms with Crippen LogP contribution in [0.5, 0.6) is 5.75 Å². The lowest BCUT2D eigenvalue weighted by Gasteiger charge is -2.18. The topological polar surface area (TPSA) is 67.4 Å². The molecular weight excluding hydrogens is 348 g/mol. The summed E-state index contributed by atoms with van der Waals surface area (Å²) in [6.45, 7) is 1.92. The summed E-state index contributed by atoms with van der Waals surface area (Å²) < 4.78 is 6.30. The van der Waals surface area contributed by atoms with Crippen molar-refractivity contribution in [3.8, 4) is 5.75 Å². The van der Waals surface area contributed by atoms with Crippen molar-refractivity contribution in [2.24, 2.45) is 0 Å². The quantitative estimate of drug-likeness (QED) is 0.862. The summed E-state index contributed by atoms with van der Waals surface area (Å²) in [4.78, 5) is 23.5. The second kappa shape index (κ2) is 5.81. The van der Waals surface area contributed by atoms with Gasteiger partial charge < -0.3 is 15.4 Å². The number of anilines is 2. The van der Waals surface area contributed by atoms with Crippen LogP contribution in [0.2, 0.25) is 0 Å². The number of carbonyl (C=O) groups is 2. The molecule has 2 N–H and O–H groups in total. The Morgan fingerprint density at radius 1 is 1.27 bits per heavy atom. The standard InChI is InChI=1S/C16H13BrN2O3/c1-9-6-11(3-4-12(9)17)18-16(21)10-2-5-13-14(7-10)22-8-15(20)19-13/h2-7H,8H2,1H3,(H,18,21)(H,19,20). The van der Waals surface area contributed by atoms with E-state index in [-0.39, 0.29) is 18.4 Å². The average molecular weight is 361 g/mol. The highest BCUT2D eigenvalue weighted by Gasteiger charge is 2.17. The molecule has 0 spiro atoms. The van der Waals surface area contributed by atoms with Crippen molar-refractivity contribution >= 4 is 39.1 Å². The third-order valence-electron chi connectivity index (χ3n) is 3.29. The molecule has 0 saturated carbocycles. The molecule has 112 valence electrons. The van der Waals surface area contributed by atoms with Gasteiger partial charge in [0.1, 0.15) is 5.75 Å². The van der Waals surface area contributed by atoms with Gasteiger partial charge in [-0.3, -0.25) is 9.59 Å². The molecular formula is C16H13BrN2O3. The van der Waals surface area contributed by atoms with Crippen molar-refractivity contribution in [3.63, 3.8) is 0 Å². The van der Waals surface area contributed by atoms with Crippen LogP contribution in [0.3, 0.4) is 0 Å². The largest absolute Gasteiger partial charge is 0.482 e. The maximum atomic E-state index is 12.3. The molecule has 0 fully saturated rings. The maximum absolute atomic E-state index is 12.3. The van der Waals surface area contributed by atoms with Crippen LogP contribution in [0.4, 0.5) is 11.4 Å². The Bertz CT molecular complexity index is 774. The smallest absolute Gasteiger partial charge is 0.262 e. The van der Waals surface area contributed by atoms with Crippen molar-refractivity contribution in [3.05, 3.63) is 52.0 Å². The first-order valence-corrected chi connectivity index (χ1v) is 7.46. The number of ether oxygens (including phenoxy) is 1. The normalized spacial score (nSPS) is 12.9. The summed E-state index contributed by atoms with van der Waals surface area (Å²) in [5.41, 5.74) is 2.80. The molecule has 0 unspecified atom stereocenters. The Balaban J connectivity index is 1.80. The molecule has 2 amide bonds. The predicted octanol–water partition coefficient (Wildman–Crippen LogP) is 3.34. The zero-order valence-corrected chi connectivity index (χ0v) is 13.4. The molecule has 0 radical (unpaired) electrons. The monoisotopic (exact) mass is 360 g/mol. The minimum absolute atomic E-state index is 0.0377. The first-order valence-electron chi connectivity index (χ1n) is 6.67. The number of rotatable bonds is 2. The third kappa shape index (κ3) is 2.96. The van der Waals surface area contributed by atoms with E-state index in [2.05, 4.69) is 26.6 Å². The van der Waals surface area contributed by atoms with Gasteiger partial charge in [-0.1, -0.05) is 15.9 Å². The fourth-order valence-electron chi connectivity index (χ4n) is 2.14. The maximum Gasteiger partial charge on any atom is 0.262 e. The Hall–Kier alpha value is -2.34. The van der Waals surface area contributed by atoms with Crippen LogP contribution < -0.4 is 15.4 Å². The molecule has 0 bridgehead atoms. The minimum atomic E-state index is -0.231. The van der Waals surface area contributed by atoms with Crippen molar-refractivity contribution < 1.29 is 14.3 Å². The number of amides is 2. The summed E-state index contributed by atoms with van der Waals surface area (Å²) >= 11 is 3.42. The highest BCUT2D eigenvalue weighted by molar-refractivity contribution is 9.10. The summed E-state index contributed by atoms with van der Waals surface area (Å²) in [5, 5.41) is 5.53. The van der Waals surface area contributed by atoms with Crippen LogP contribution in [0.15, 0.2) is 40.9 Å². The molecule has 2 aromatic carbocycles. The molecule has 1 heterocycles. The van der Waals surface area contributed by atoms with Crippen molar-refractivity contribution in [2.75, 3.05) is 17.2 Å². The Morgan fingerprint density at radius 3 is 2.86 bits per heavy atom. The number of fused-ring (bicyclic) bond motifs is 1. The lowest BCUT2D eigenvalue weighted by atomic mass is 10.1. The van der Waals surface area contributed by atoms with Gasteiger partial charge >= 0.3 is 0 Å². The van der Waals surface area contributed by atoms with E-state index >= 15 is 0 Å². The van der Waals surface area contributed by atoms with Gasteiger partial charge in [-0.2, -0.15) is 0 Å². The van der Waals surface area contributed by atoms with Crippen LogP contribution in [-0.4, -0.2) is 18.4 Å². The Labute approximate surface area is 135 Å². The van der Waals surface area contributed by atoms with Crippen LogP contribution in [0.25, 0.3) is 0 Å². The highest BCUT2D eigenvalue weighted by Crippen LogP contribution is 2.29. The van der Waals surface area contributed by atoms with Crippen molar-refractivity contribution in [1.82, 2.24) is 0 Å². The molecule has 0 saturated heterocycles. The molecule has 5 nitrogen and oxygen atoms in total. The molecule has 2 aromatic rings. The number of benzene rings is 2. The van der Waals surface area contributed by atoms with E-state index in [1.165, 1.54) is 0 Å². The molecule has 22 heavy (non-hydrogen) atoms. The molecule has 1 aliphatic heterocycles. The lowest BCUT2D eigenvalue weighted by molar-refractivity contribution is -0.118. The molecule has 3 rings (SSSR count). The van der Waals surface area contributed by atoms with Gasteiger partial charge in [-0.25, -0.2) is 0 Å². The Kier molecular flexibility index (Phi) is 3.85. The van der Waals surface area contributed by atoms with E-state index in [1.807, 2.05) is 25.1 Å². The lowest BCUT2D eigenvalue weighted by Crippen LogP contribution is -2.25. The van der Waals surface area contributed by atoms with Crippen LogP contribution >= 0.6 is 15.9 Å². The van der Waals surface area contributed by atoms with Gasteiger partial charge in [0.05, 0.1) is 5.69 Å². The average Bonchev–Trinajstić information content (AvgIpc) is 2.50. The molecule has 0 aliphatic carbocycles. The molecule has 6 heteroatoms. The number of halogens is 1. The van der Waals surface area contributed by atoms with Gasteiger partial charge in [-0.15, -0.1) is 0 Å². The molecule has 1 aliphatic rings. The summed E-state index contributed by atoms with van der Waals surface area (Å²) in [6.07, 6.45) is 0. The number of nitrogens with one attached hydrogen (secondary N) is 2. The Morgan fingerprint density at radius 2 is 2.09 bits per heavy atom. The summed E-state index contributed by atoms with van der Waals surface area (Å²) in [7, 11) is 0. The van der Waals surface area contributed by atoms with E-state index in [1.54, 1.807) is 18.2 Å². The third-order valence-corrected chi connectivity index (χ3v) is 4.18. The second-order valence-corrected chi connectivity index (χ2v) is 5.82. The summed E-state index contributed by atoms with van der Waals surface area (Å²) in [5.74, 6) is 0.0688. The van der Waals surface area contributed by atoms with Gasteiger partial charge in [0.15, 0.2) is 6.61 Å². The minimum Gasteiger partial charge on any atom is -0.482 e. The van der Waals surface area contributed by atoms with Gasteiger partial charge in [0, 0.05) is 15.7 Å². The highest BCUT2D eigenvalue weighted by atomic mass is 79.9.